The Morgan fingerprint density at radius 1 is 1.25 bits per heavy atom. The molecular formula is C15H19FO7S. The van der Waals surface area contributed by atoms with E-state index in [4.69, 9.17) is 31.2 Å². The molecule has 1 saturated heterocycles. The van der Waals surface area contributed by atoms with Crippen molar-refractivity contribution in [2.45, 2.75) is 37.6 Å². The van der Waals surface area contributed by atoms with E-state index in [1.807, 2.05) is 0 Å². The number of thiocarbonyl (C=S) groups is 1. The molecule has 0 aromatic heterocycles. The van der Waals surface area contributed by atoms with Crippen LogP contribution >= 0.6 is 12.2 Å². The topological polar surface area (TPSA) is 97.6 Å². The molecule has 0 bridgehead atoms. The van der Waals surface area contributed by atoms with Crippen LogP contribution in [0.3, 0.4) is 0 Å². The lowest BCUT2D eigenvalue weighted by Gasteiger charge is -2.41. The summed E-state index contributed by atoms with van der Waals surface area (Å²) in [6, 6.07) is 5.06. The molecule has 1 aliphatic heterocycles. The first kappa shape index (κ1) is 19.0. The van der Waals surface area contributed by atoms with Crippen LogP contribution in [0.1, 0.15) is 6.92 Å². The van der Waals surface area contributed by atoms with E-state index >= 15 is 0 Å². The Morgan fingerprint density at radius 3 is 2.50 bits per heavy atom. The van der Waals surface area contributed by atoms with Crippen LogP contribution in [-0.2, 0) is 14.2 Å². The zero-order valence-electron chi connectivity index (χ0n) is 12.9. The monoisotopic (exact) mass is 362 g/mol. The number of aliphatic hydroxyl groups excluding tert-OH is 3. The van der Waals surface area contributed by atoms with Gasteiger partial charge in [0.15, 0.2) is 12.4 Å². The second kappa shape index (κ2) is 8.65. The zero-order chi connectivity index (χ0) is 17.7. The summed E-state index contributed by atoms with van der Waals surface area (Å²) in [4.78, 5) is 0. The van der Waals surface area contributed by atoms with Crippen molar-refractivity contribution >= 4 is 17.5 Å². The lowest BCUT2D eigenvalue weighted by Crippen LogP contribution is -2.60. The smallest absolute Gasteiger partial charge is 0.358 e. The van der Waals surface area contributed by atoms with Gasteiger partial charge in [0.25, 0.3) is 0 Å². The number of hydrogen-bond donors (Lipinski definition) is 3. The van der Waals surface area contributed by atoms with Gasteiger partial charge in [-0.2, -0.15) is 0 Å². The lowest BCUT2D eigenvalue weighted by atomic mass is 9.99. The van der Waals surface area contributed by atoms with Crippen LogP contribution in [0.4, 0.5) is 4.39 Å². The maximum absolute atomic E-state index is 12.9. The van der Waals surface area contributed by atoms with E-state index in [9.17, 15) is 19.7 Å². The van der Waals surface area contributed by atoms with Gasteiger partial charge in [-0.3, -0.25) is 0 Å². The minimum Gasteiger partial charge on any atom is -0.447 e. The molecule has 1 aliphatic rings. The fraction of sp³-hybridized carbons (Fsp3) is 0.533. The minimum atomic E-state index is -1.35. The maximum Gasteiger partial charge on any atom is 0.358 e. The predicted octanol–water partition coefficient (Wildman–Crippen LogP) is 0.350. The van der Waals surface area contributed by atoms with Crippen LogP contribution in [0, 0.1) is 5.82 Å². The summed E-state index contributed by atoms with van der Waals surface area (Å²) >= 11 is 4.93. The fourth-order valence-electron chi connectivity index (χ4n) is 2.23. The second-order valence-electron chi connectivity index (χ2n) is 5.05. The second-order valence-corrected chi connectivity index (χ2v) is 5.38. The highest BCUT2D eigenvalue weighted by molar-refractivity contribution is 7.79. The van der Waals surface area contributed by atoms with E-state index in [1.165, 1.54) is 24.3 Å². The van der Waals surface area contributed by atoms with Gasteiger partial charge in [-0.15, -0.1) is 0 Å². The highest BCUT2D eigenvalue weighted by atomic mass is 32.1. The summed E-state index contributed by atoms with van der Waals surface area (Å²) in [6.45, 7) is 1.45. The summed E-state index contributed by atoms with van der Waals surface area (Å²) in [6.07, 6.45) is -6.02. The summed E-state index contributed by atoms with van der Waals surface area (Å²) in [5.74, 6) is -0.202. The van der Waals surface area contributed by atoms with Crippen molar-refractivity contribution in [1.29, 1.82) is 0 Å². The minimum absolute atomic E-state index is 0.234. The summed E-state index contributed by atoms with van der Waals surface area (Å²) in [5, 5.41) is 29.3. The molecule has 1 aromatic rings. The first-order valence-electron chi connectivity index (χ1n) is 7.34. The molecular weight excluding hydrogens is 343 g/mol. The Balaban J connectivity index is 2.03. The molecule has 3 N–H and O–H groups in total. The van der Waals surface area contributed by atoms with Crippen molar-refractivity contribution in [3.05, 3.63) is 30.1 Å². The van der Waals surface area contributed by atoms with Crippen LogP contribution in [0.15, 0.2) is 24.3 Å². The van der Waals surface area contributed by atoms with Crippen molar-refractivity contribution < 1.29 is 38.7 Å². The Bertz CT molecular complexity index is 541. The highest BCUT2D eigenvalue weighted by Crippen LogP contribution is 2.25. The molecule has 0 aliphatic carbocycles. The molecule has 24 heavy (non-hydrogen) atoms. The number of halogens is 1. The van der Waals surface area contributed by atoms with Crippen LogP contribution in [-0.4, -0.2) is 64.5 Å². The van der Waals surface area contributed by atoms with Gasteiger partial charge >= 0.3 is 5.24 Å². The molecule has 0 radical (unpaired) electrons. The number of ether oxygens (including phenoxy) is 4. The predicted molar refractivity (Wildman–Crippen MR) is 83.9 cm³/mol. The molecule has 2 rings (SSSR count). The SMILES string of the molecule is CCO[C@@H]1O[C@H](CO)[C@@H](O)[C@H](OC(=S)Oc2ccc(F)cc2)[C@@H]1O. The standard InChI is InChI=1S/C15H19FO7S/c1-2-20-14-12(19)13(11(18)10(7-17)22-14)23-15(24)21-9-5-3-8(16)4-6-9/h3-6,10-14,17-19H,2,7H2,1H3/t10-,11-,12+,13+,14-/m1/s1. The van der Waals surface area contributed by atoms with E-state index in [2.05, 4.69) is 0 Å². The van der Waals surface area contributed by atoms with Gasteiger partial charge in [0.05, 0.1) is 6.61 Å². The normalized spacial score (nSPS) is 30.0. The molecule has 0 spiro atoms. The van der Waals surface area contributed by atoms with Gasteiger partial charge in [0, 0.05) is 18.8 Å². The van der Waals surface area contributed by atoms with Crippen molar-refractivity contribution in [3.8, 4) is 5.75 Å². The first-order chi connectivity index (χ1) is 11.5. The summed E-state index contributed by atoms with van der Waals surface area (Å²) in [5.41, 5.74) is 0. The Labute approximate surface area is 143 Å². The molecule has 1 aromatic carbocycles. The number of aliphatic hydroxyl groups is 3. The molecule has 1 heterocycles. The molecule has 5 atom stereocenters. The first-order valence-corrected chi connectivity index (χ1v) is 7.75. The average Bonchev–Trinajstić information content (AvgIpc) is 2.56. The largest absolute Gasteiger partial charge is 0.447 e. The van der Waals surface area contributed by atoms with Gasteiger partial charge in [0.2, 0.25) is 0 Å². The third-order valence-corrected chi connectivity index (χ3v) is 3.58. The van der Waals surface area contributed by atoms with Crippen molar-refractivity contribution in [2.75, 3.05) is 13.2 Å². The van der Waals surface area contributed by atoms with Crippen LogP contribution < -0.4 is 4.74 Å². The fourth-order valence-corrected chi connectivity index (χ4v) is 2.44. The third-order valence-electron chi connectivity index (χ3n) is 3.40. The van der Waals surface area contributed by atoms with Gasteiger partial charge in [-0.1, -0.05) is 0 Å². The van der Waals surface area contributed by atoms with E-state index in [-0.39, 0.29) is 17.6 Å². The molecule has 7 nitrogen and oxygen atoms in total. The molecule has 134 valence electrons. The molecule has 1 fully saturated rings. The van der Waals surface area contributed by atoms with Crippen LogP contribution in [0.2, 0.25) is 0 Å². The molecule has 0 unspecified atom stereocenters. The summed E-state index contributed by atoms with van der Waals surface area (Å²) < 4.78 is 33.9. The van der Waals surface area contributed by atoms with Gasteiger partial charge in [0.1, 0.15) is 29.9 Å². The highest BCUT2D eigenvalue weighted by Gasteiger charge is 2.47. The van der Waals surface area contributed by atoms with Crippen LogP contribution in [0.5, 0.6) is 5.75 Å². The molecule has 0 amide bonds. The van der Waals surface area contributed by atoms with Gasteiger partial charge < -0.3 is 34.3 Å². The van der Waals surface area contributed by atoms with E-state index in [0.29, 0.717) is 0 Å². The van der Waals surface area contributed by atoms with E-state index in [0.717, 1.165) is 0 Å². The Morgan fingerprint density at radius 2 is 1.92 bits per heavy atom. The number of rotatable bonds is 5. The number of hydrogen-bond acceptors (Lipinski definition) is 8. The van der Waals surface area contributed by atoms with Crippen molar-refractivity contribution in [3.63, 3.8) is 0 Å². The third kappa shape index (κ3) is 4.59. The summed E-state index contributed by atoms with van der Waals surface area (Å²) in [7, 11) is 0. The van der Waals surface area contributed by atoms with Crippen molar-refractivity contribution in [2.24, 2.45) is 0 Å². The Kier molecular flexibility index (Phi) is 6.84. The molecule has 0 saturated carbocycles. The van der Waals surface area contributed by atoms with Crippen LogP contribution in [0.25, 0.3) is 0 Å². The van der Waals surface area contributed by atoms with E-state index < -0.39 is 43.1 Å². The Hall–Kier alpha value is -1.36. The lowest BCUT2D eigenvalue weighted by molar-refractivity contribution is -0.298. The number of benzene rings is 1. The zero-order valence-corrected chi connectivity index (χ0v) is 13.7. The maximum atomic E-state index is 12.9. The average molecular weight is 362 g/mol. The van der Waals surface area contributed by atoms with Gasteiger partial charge in [-0.05, 0) is 31.2 Å². The van der Waals surface area contributed by atoms with Gasteiger partial charge in [-0.25, -0.2) is 4.39 Å². The molecule has 9 heteroatoms. The quantitative estimate of drug-likeness (QED) is 0.646. The van der Waals surface area contributed by atoms with Crippen molar-refractivity contribution in [1.82, 2.24) is 0 Å². The van der Waals surface area contributed by atoms with E-state index in [1.54, 1.807) is 6.92 Å².